The number of hydrazone groups is 1. The van der Waals surface area contributed by atoms with E-state index in [4.69, 9.17) is 11.6 Å². The van der Waals surface area contributed by atoms with Crippen LogP contribution in [0.5, 0.6) is 0 Å². The SMILES string of the molecule is Cc1c(/C=N/N2C(=O)C3C4C=CC(C4)C3C2=O)c2ccccc2n1Cc1ccccc1Cl. The van der Waals surface area contributed by atoms with Gasteiger partial charge in [-0.3, -0.25) is 9.59 Å². The summed E-state index contributed by atoms with van der Waals surface area (Å²) in [7, 11) is 0. The van der Waals surface area contributed by atoms with Crippen LogP contribution in [0.15, 0.2) is 65.8 Å². The fourth-order valence-corrected chi connectivity index (χ4v) is 5.93. The molecule has 0 N–H and O–H groups in total. The van der Waals surface area contributed by atoms with Crippen LogP contribution >= 0.6 is 11.6 Å². The number of imide groups is 1. The predicted molar refractivity (Wildman–Crippen MR) is 124 cm³/mol. The lowest BCUT2D eigenvalue weighted by atomic mass is 9.85. The molecule has 3 aliphatic rings. The van der Waals surface area contributed by atoms with E-state index < -0.39 is 0 Å². The zero-order chi connectivity index (χ0) is 22.0. The first-order chi connectivity index (χ1) is 15.5. The molecule has 160 valence electrons. The number of aromatic nitrogens is 1. The lowest BCUT2D eigenvalue weighted by Crippen LogP contribution is -2.28. The van der Waals surface area contributed by atoms with Crippen molar-refractivity contribution in [1.29, 1.82) is 0 Å². The molecule has 1 aliphatic heterocycles. The molecule has 32 heavy (non-hydrogen) atoms. The van der Waals surface area contributed by atoms with E-state index in [-0.39, 0.29) is 35.5 Å². The van der Waals surface area contributed by atoms with Crippen molar-refractivity contribution in [3.8, 4) is 0 Å². The molecular formula is C26H22ClN3O2. The topological polar surface area (TPSA) is 54.7 Å². The van der Waals surface area contributed by atoms with E-state index in [2.05, 4.69) is 27.9 Å². The number of carbonyl (C=O) groups is 2. The summed E-state index contributed by atoms with van der Waals surface area (Å²) in [5, 5.41) is 7.29. The Morgan fingerprint density at radius 3 is 2.38 bits per heavy atom. The first kappa shape index (κ1) is 19.5. The van der Waals surface area contributed by atoms with Gasteiger partial charge >= 0.3 is 0 Å². The Morgan fingerprint density at radius 2 is 1.66 bits per heavy atom. The van der Waals surface area contributed by atoms with Gasteiger partial charge in [-0.15, -0.1) is 0 Å². The highest BCUT2D eigenvalue weighted by Gasteiger charge is 2.59. The van der Waals surface area contributed by atoms with E-state index >= 15 is 0 Å². The highest BCUT2D eigenvalue weighted by molar-refractivity contribution is 6.31. The number of halogens is 1. The van der Waals surface area contributed by atoms with Crippen molar-refractivity contribution in [1.82, 2.24) is 9.58 Å². The summed E-state index contributed by atoms with van der Waals surface area (Å²) in [6, 6.07) is 15.9. The van der Waals surface area contributed by atoms with Crippen LogP contribution in [0.25, 0.3) is 10.9 Å². The monoisotopic (exact) mass is 443 g/mol. The Bertz CT molecular complexity index is 1310. The van der Waals surface area contributed by atoms with Gasteiger partial charge in [-0.25, -0.2) is 0 Å². The molecule has 2 fully saturated rings. The van der Waals surface area contributed by atoms with Crippen molar-refractivity contribution in [2.75, 3.05) is 0 Å². The predicted octanol–water partition coefficient (Wildman–Crippen LogP) is 4.79. The van der Waals surface area contributed by atoms with E-state index in [0.717, 1.165) is 44.2 Å². The van der Waals surface area contributed by atoms with Gasteiger partial charge in [0.1, 0.15) is 0 Å². The third kappa shape index (κ3) is 2.74. The number of amides is 2. The molecule has 6 rings (SSSR count). The number of benzene rings is 2. The quantitative estimate of drug-likeness (QED) is 0.330. The van der Waals surface area contributed by atoms with Crippen LogP contribution in [0.2, 0.25) is 5.02 Å². The molecule has 1 saturated heterocycles. The van der Waals surface area contributed by atoms with E-state index in [1.807, 2.05) is 49.4 Å². The van der Waals surface area contributed by atoms with Crippen molar-refractivity contribution in [3.05, 3.63) is 82.5 Å². The normalized spacial score (nSPS) is 26.2. The fraction of sp³-hybridized carbons (Fsp3) is 0.269. The maximum atomic E-state index is 13.0. The number of fused-ring (bicyclic) bond motifs is 6. The average Bonchev–Trinajstić information content (AvgIpc) is 3.53. The molecule has 2 aliphatic carbocycles. The lowest BCUT2D eigenvalue weighted by molar-refractivity contribution is -0.140. The molecule has 2 bridgehead atoms. The maximum absolute atomic E-state index is 13.0. The van der Waals surface area contributed by atoms with Crippen LogP contribution in [0, 0.1) is 30.6 Å². The maximum Gasteiger partial charge on any atom is 0.254 e. The van der Waals surface area contributed by atoms with Gasteiger partial charge in [-0.05, 0) is 42.9 Å². The summed E-state index contributed by atoms with van der Waals surface area (Å²) in [6.07, 6.45) is 6.78. The smallest absolute Gasteiger partial charge is 0.254 e. The number of hydrogen-bond acceptors (Lipinski definition) is 3. The molecule has 0 spiro atoms. The van der Waals surface area contributed by atoms with Crippen molar-refractivity contribution in [2.45, 2.75) is 19.9 Å². The van der Waals surface area contributed by atoms with Crippen LogP contribution < -0.4 is 0 Å². The van der Waals surface area contributed by atoms with Gasteiger partial charge < -0.3 is 4.57 Å². The summed E-state index contributed by atoms with van der Waals surface area (Å²) in [5.74, 6) is -0.437. The van der Waals surface area contributed by atoms with Gasteiger partial charge in [-0.1, -0.05) is 60.2 Å². The molecule has 1 aromatic heterocycles. The molecule has 2 amide bonds. The summed E-state index contributed by atoms with van der Waals surface area (Å²) in [4.78, 5) is 26.0. The molecule has 4 atom stereocenters. The van der Waals surface area contributed by atoms with E-state index in [1.54, 1.807) is 6.21 Å². The summed E-state index contributed by atoms with van der Waals surface area (Å²) in [6.45, 7) is 2.66. The number of allylic oxidation sites excluding steroid dienone is 2. The second-order valence-electron chi connectivity index (χ2n) is 8.93. The molecule has 4 unspecified atom stereocenters. The summed E-state index contributed by atoms with van der Waals surface area (Å²) in [5.41, 5.74) is 4.01. The van der Waals surface area contributed by atoms with Gasteiger partial charge in [-0.2, -0.15) is 10.1 Å². The van der Waals surface area contributed by atoms with Crippen LogP contribution in [0.3, 0.4) is 0 Å². The van der Waals surface area contributed by atoms with Gasteiger partial charge in [0, 0.05) is 33.7 Å². The molecule has 2 heterocycles. The largest absolute Gasteiger partial charge is 0.340 e. The number of carbonyl (C=O) groups excluding carboxylic acids is 2. The average molecular weight is 444 g/mol. The third-order valence-corrected chi connectivity index (χ3v) is 7.68. The van der Waals surface area contributed by atoms with Gasteiger partial charge in [0.05, 0.1) is 18.1 Å². The minimum Gasteiger partial charge on any atom is -0.340 e. The summed E-state index contributed by atoms with van der Waals surface area (Å²) < 4.78 is 2.20. The van der Waals surface area contributed by atoms with E-state index in [1.165, 1.54) is 0 Å². The third-order valence-electron chi connectivity index (χ3n) is 7.32. The molecule has 1 saturated carbocycles. The molecule has 2 aromatic carbocycles. The molecule has 5 nitrogen and oxygen atoms in total. The van der Waals surface area contributed by atoms with E-state index in [0.29, 0.717) is 6.54 Å². The standard InChI is InChI=1S/C26H22ClN3O2/c1-15-20(13-28-30-25(31)23-16-10-11-17(12-16)24(23)26(30)32)19-7-3-5-9-22(19)29(15)14-18-6-2-4-8-21(18)27/h2-11,13,16-17,23-24H,12,14H2,1H3/b28-13+. The van der Waals surface area contributed by atoms with Crippen molar-refractivity contribution < 1.29 is 9.59 Å². The van der Waals surface area contributed by atoms with Gasteiger partial charge in [0.2, 0.25) is 0 Å². The Morgan fingerprint density at radius 1 is 1.00 bits per heavy atom. The minimum absolute atomic E-state index is 0.162. The number of para-hydroxylation sites is 1. The Labute approximate surface area is 191 Å². The zero-order valence-corrected chi connectivity index (χ0v) is 18.4. The highest BCUT2D eigenvalue weighted by atomic mass is 35.5. The van der Waals surface area contributed by atoms with E-state index in [9.17, 15) is 9.59 Å². The second-order valence-corrected chi connectivity index (χ2v) is 9.33. The second kappa shape index (κ2) is 7.17. The van der Waals surface area contributed by atoms with Crippen molar-refractivity contribution in [2.24, 2.45) is 28.8 Å². The molecular weight excluding hydrogens is 422 g/mol. The van der Waals surface area contributed by atoms with Crippen LogP contribution in [0.4, 0.5) is 0 Å². The van der Waals surface area contributed by atoms with Gasteiger partial charge in [0.15, 0.2) is 0 Å². The Hall–Kier alpha value is -3.18. The van der Waals surface area contributed by atoms with Crippen LogP contribution in [-0.2, 0) is 16.1 Å². The van der Waals surface area contributed by atoms with Crippen molar-refractivity contribution >= 4 is 40.5 Å². The molecule has 0 radical (unpaired) electrons. The fourth-order valence-electron chi connectivity index (χ4n) is 5.74. The first-order valence-electron chi connectivity index (χ1n) is 11.0. The lowest BCUT2D eigenvalue weighted by Gasteiger charge is -2.13. The first-order valence-corrected chi connectivity index (χ1v) is 11.3. The van der Waals surface area contributed by atoms with Crippen molar-refractivity contribution in [3.63, 3.8) is 0 Å². The molecule has 6 heteroatoms. The number of hydrogen-bond donors (Lipinski definition) is 0. The molecule has 3 aromatic rings. The Kier molecular flexibility index (Phi) is 4.37. The number of nitrogens with zero attached hydrogens (tertiary/aromatic N) is 3. The highest BCUT2D eigenvalue weighted by Crippen LogP contribution is 2.52. The Balaban J connectivity index is 1.37. The van der Waals surface area contributed by atoms with Crippen LogP contribution in [-0.4, -0.2) is 27.6 Å². The van der Waals surface area contributed by atoms with Crippen LogP contribution in [0.1, 0.15) is 23.2 Å². The zero-order valence-electron chi connectivity index (χ0n) is 17.6. The summed E-state index contributed by atoms with van der Waals surface area (Å²) >= 11 is 6.41. The number of rotatable bonds is 4. The van der Waals surface area contributed by atoms with Gasteiger partial charge in [0.25, 0.3) is 11.8 Å². The minimum atomic E-state index is -0.239.